The highest BCUT2D eigenvalue weighted by Crippen LogP contribution is 2.13. The lowest BCUT2D eigenvalue weighted by Gasteiger charge is -1.93. The number of hydrogen-bond acceptors (Lipinski definition) is 2. The summed E-state index contributed by atoms with van der Waals surface area (Å²) in [5.41, 5.74) is 0. The van der Waals surface area contributed by atoms with Crippen molar-refractivity contribution in [2.75, 3.05) is 0 Å². The zero-order chi connectivity index (χ0) is 25.9. The van der Waals surface area contributed by atoms with Gasteiger partial charge in [0.15, 0.2) is 64.0 Å². The molecule has 0 aliphatic rings. The van der Waals surface area contributed by atoms with E-state index in [1.165, 1.54) is 0 Å². The molecule has 0 saturated heterocycles. The summed E-state index contributed by atoms with van der Waals surface area (Å²) >= 11 is -0.750. The van der Waals surface area contributed by atoms with E-state index >= 15 is 0 Å². The van der Waals surface area contributed by atoms with Gasteiger partial charge in [-0.15, -0.1) is 0 Å². The molecule has 0 saturated carbocycles. The van der Waals surface area contributed by atoms with Crippen LogP contribution in [0.4, 0.5) is 52.7 Å². The molecule has 0 bridgehead atoms. The van der Waals surface area contributed by atoms with Gasteiger partial charge in [-0.3, -0.25) is 0 Å². The summed E-state index contributed by atoms with van der Waals surface area (Å²) in [5.74, 6) is -17.7. The molecule has 0 aliphatic carbocycles. The van der Waals surface area contributed by atoms with Crippen LogP contribution in [0.15, 0.2) is 36.4 Å². The van der Waals surface area contributed by atoms with Crippen molar-refractivity contribution in [2.24, 2.45) is 0 Å². The molecule has 0 radical (unpaired) electrons. The zero-order valence-corrected chi connectivity index (χ0v) is 16.0. The molecule has 0 amide bonds. The maximum absolute atomic E-state index is 12.0. The van der Waals surface area contributed by atoms with Crippen LogP contribution in [-0.2, 0) is 11.6 Å². The van der Waals surface area contributed by atoms with Crippen molar-refractivity contribution in [1.29, 1.82) is 0 Å². The molecule has 33 heavy (non-hydrogen) atoms. The highest BCUT2D eigenvalue weighted by atomic mass is 32.1. The van der Waals surface area contributed by atoms with E-state index in [4.69, 9.17) is 8.42 Å². The van der Waals surface area contributed by atoms with Crippen molar-refractivity contribution in [2.45, 2.75) is 0 Å². The largest absolute Gasteiger partial charge is 0.335 e. The molecule has 3 aromatic carbocycles. The van der Waals surface area contributed by atoms with Crippen molar-refractivity contribution < 1.29 is 61.1 Å². The standard InChI is InChI=1S/3C6H2F4.O2S/c7-3-1-4(8)6(10)2-5(3)9;7-3-1-4(8)6(10)5(9)2-3;7-3-1-2-4(8)6(10)5(3)9;1-3-2/h3*1-2H;. The van der Waals surface area contributed by atoms with E-state index in [0.717, 1.165) is 0 Å². The number of rotatable bonds is 0. The Kier molecular flexibility index (Phi) is 12.5. The summed E-state index contributed by atoms with van der Waals surface area (Å²) in [5, 5.41) is 0. The first-order valence-corrected chi connectivity index (χ1v) is 8.24. The molecule has 3 rings (SSSR count). The Hall–Kier alpha value is -3.36. The maximum Gasteiger partial charge on any atom is 0.335 e. The van der Waals surface area contributed by atoms with Crippen LogP contribution in [0.25, 0.3) is 0 Å². The fraction of sp³-hybridized carbons (Fsp3) is 0. The second-order valence-corrected chi connectivity index (χ2v) is 5.23. The number of halogens is 12. The number of hydrogen-bond donors (Lipinski definition) is 0. The molecular weight excluding hydrogens is 508 g/mol. The Balaban J connectivity index is 0.000000439. The fourth-order valence-corrected chi connectivity index (χ4v) is 1.53. The van der Waals surface area contributed by atoms with E-state index in [-0.39, 0.29) is 24.3 Å². The lowest BCUT2D eigenvalue weighted by Crippen LogP contribution is -1.93. The first-order valence-electron chi connectivity index (χ1n) is 7.57. The van der Waals surface area contributed by atoms with E-state index in [1.54, 1.807) is 0 Å². The van der Waals surface area contributed by atoms with Crippen LogP contribution in [0.1, 0.15) is 0 Å². The summed E-state index contributed by atoms with van der Waals surface area (Å²) in [6, 6.07) is 1.91. The van der Waals surface area contributed by atoms with Crippen LogP contribution in [0.2, 0.25) is 0 Å². The predicted molar refractivity (Wildman–Crippen MR) is 87.7 cm³/mol. The van der Waals surface area contributed by atoms with Gasteiger partial charge >= 0.3 is 11.6 Å². The Morgan fingerprint density at radius 1 is 0.394 bits per heavy atom. The monoisotopic (exact) mass is 514 g/mol. The van der Waals surface area contributed by atoms with Gasteiger partial charge in [0.05, 0.1) is 0 Å². The molecule has 0 aromatic heterocycles. The maximum atomic E-state index is 12.0. The van der Waals surface area contributed by atoms with Crippen molar-refractivity contribution in [1.82, 2.24) is 0 Å². The minimum Gasteiger partial charge on any atom is -0.207 e. The smallest absolute Gasteiger partial charge is 0.207 e. The molecule has 0 atom stereocenters. The van der Waals surface area contributed by atoms with Gasteiger partial charge in [0, 0.05) is 24.3 Å². The SMILES string of the molecule is Fc1cc(F)c(F)c(F)c1.Fc1cc(F)c(F)cc1F.Fc1ccc(F)c(F)c1F.O=S=O. The molecular formula is C18H6F12O2S. The summed E-state index contributed by atoms with van der Waals surface area (Å²) in [6.07, 6.45) is 0. The zero-order valence-electron chi connectivity index (χ0n) is 15.2. The molecule has 0 fully saturated rings. The molecule has 180 valence electrons. The van der Waals surface area contributed by atoms with E-state index < -0.39 is 81.4 Å². The van der Waals surface area contributed by atoms with Crippen molar-refractivity contribution in [3.63, 3.8) is 0 Å². The van der Waals surface area contributed by atoms with Gasteiger partial charge in [-0.25, -0.2) is 52.7 Å². The fourth-order valence-electron chi connectivity index (χ4n) is 1.53. The van der Waals surface area contributed by atoms with Gasteiger partial charge in [-0.1, -0.05) is 0 Å². The van der Waals surface area contributed by atoms with Crippen LogP contribution < -0.4 is 0 Å². The predicted octanol–water partition coefficient (Wildman–Crippen LogP) is 6.06. The van der Waals surface area contributed by atoms with Gasteiger partial charge in [-0.05, 0) is 12.1 Å². The summed E-state index contributed by atoms with van der Waals surface area (Å²) in [4.78, 5) is 0. The molecule has 0 spiro atoms. The quantitative estimate of drug-likeness (QED) is 0.208. The highest BCUT2D eigenvalue weighted by Gasteiger charge is 2.12. The van der Waals surface area contributed by atoms with Crippen molar-refractivity contribution >= 4 is 11.6 Å². The van der Waals surface area contributed by atoms with Gasteiger partial charge < -0.3 is 0 Å². The summed E-state index contributed by atoms with van der Waals surface area (Å²) < 4.78 is 160. The third-order valence-corrected chi connectivity index (χ3v) is 2.90. The van der Waals surface area contributed by atoms with Gasteiger partial charge in [0.1, 0.15) is 5.82 Å². The Morgan fingerprint density at radius 2 is 0.667 bits per heavy atom. The van der Waals surface area contributed by atoms with Crippen LogP contribution in [-0.4, -0.2) is 8.42 Å². The van der Waals surface area contributed by atoms with Gasteiger partial charge in [0.25, 0.3) is 0 Å². The van der Waals surface area contributed by atoms with Crippen molar-refractivity contribution in [3.05, 3.63) is 106 Å². The topological polar surface area (TPSA) is 34.1 Å². The van der Waals surface area contributed by atoms with E-state index in [9.17, 15) is 52.7 Å². The molecule has 0 unspecified atom stereocenters. The lowest BCUT2D eigenvalue weighted by molar-refractivity contribution is 0.409. The first kappa shape index (κ1) is 29.6. The lowest BCUT2D eigenvalue weighted by atomic mass is 10.3. The minimum atomic E-state index is -1.78. The first-order chi connectivity index (χ1) is 15.3. The highest BCUT2D eigenvalue weighted by molar-refractivity contribution is 7.51. The Morgan fingerprint density at radius 3 is 0.939 bits per heavy atom. The van der Waals surface area contributed by atoms with Crippen LogP contribution >= 0.6 is 0 Å². The summed E-state index contributed by atoms with van der Waals surface area (Å²) in [7, 11) is 0. The van der Waals surface area contributed by atoms with E-state index in [0.29, 0.717) is 12.1 Å². The Bertz CT molecular complexity index is 1030. The number of benzene rings is 3. The summed E-state index contributed by atoms with van der Waals surface area (Å²) in [6.45, 7) is 0. The van der Waals surface area contributed by atoms with Gasteiger partial charge in [0.2, 0.25) is 0 Å². The second kappa shape index (κ2) is 13.9. The van der Waals surface area contributed by atoms with Crippen LogP contribution in [0.5, 0.6) is 0 Å². The molecule has 0 N–H and O–H groups in total. The average Bonchev–Trinajstić information content (AvgIpc) is 2.73. The van der Waals surface area contributed by atoms with Crippen LogP contribution in [0.3, 0.4) is 0 Å². The second-order valence-electron chi connectivity index (χ2n) is 5.09. The van der Waals surface area contributed by atoms with Crippen molar-refractivity contribution in [3.8, 4) is 0 Å². The molecule has 2 nitrogen and oxygen atoms in total. The third kappa shape index (κ3) is 9.76. The third-order valence-electron chi connectivity index (χ3n) is 2.90. The molecule has 0 aliphatic heterocycles. The normalized spacial score (nSPS) is 9.45. The van der Waals surface area contributed by atoms with E-state index in [1.807, 2.05) is 0 Å². The van der Waals surface area contributed by atoms with Crippen LogP contribution in [0, 0.1) is 69.8 Å². The Labute approximate surface area is 179 Å². The molecule has 15 heteroatoms. The van der Waals surface area contributed by atoms with Gasteiger partial charge in [-0.2, -0.15) is 8.42 Å². The molecule has 0 heterocycles. The minimum absolute atomic E-state index is 0.157. The molecule has 3 aromatic rings. The average molecular weight is 514 g/mol. The van der Waals surface area contributed by atoms with E-state index in [2.05, 4.69) is 0 Å².